The average molecular weight is 523 g/mol. The van der Waals surface area contributed by atoms with E-state index in [-0.39, 0.29) is 29.9 Å². The summed E-state index contributed by atoms with van der Waals surface area (Å²) in [5.74, 6) is 0.156. The molecule has 0 saturated carbocycles. The first-order valence-corrected chi connectivity index (χ1v) is 14.7. The van der Waals surface area contributed by atoms with Crippen molar-refractivity contribution in [1.29, 1.82) is 0 Å². The summed E-state index contributed by atoms with van der Waals surface area (Å²) in [6.07, 6.45) is 9.16. The molecule has 210 valence electrons. The van der Waals surface area contributed by atoms with Crippen LogP contribution in [0, 0.1) is 5.92 Å². The van der Waals surface area contributed by atoms with E-state index in [4.69, 9.17) is 5.73 Å². The van der Waals surface area contributed by atoms with Crippen molar-refractivity contribution in [2.45, 2.75) is 116 Å². The molecular weight excluding hydrogens is 472 g/mol. The molecule has 4 atom stereocenters. The molecule has 2 aliphatic rings. The van der Waals surface area contributed by atoms with E-state index in [0.717, 1.165) is 57.2 Å². The first-order valence-electron chi connectivity index (χ1n) is 14.7. The fourth-order valence-electron chi connectivity index (χ4n) is 5.64. The number of amides is 2. The lowest BCUT2D eigenvalue weighted by atomic mass is 9.81. The number of carbonyl (C=O) groups excluding carboxylic acids is 2. The summed E-state index contributed by atoms with van der Waals surface area (Å²) in [5.41, 5.74) is 11.7. The molecule has 1 saturated heterocycles. The van der Waals surface area contributed by atoms with Crippen LogP contribution in [-0.4, -0.2) is 41.4 Å². The normalized spacial score (nSPS) is 19.6. The lowest BCUT2D eigenvalue weighted by Gasteiger charge is -2.32. The van der Waals surface area contributed by atoms with Gasteiger partial charge in [-0.2, -0.15) is 0 Å². The summed E-state index contributed by atoms with van der Waals surface area (Å²) in [6, 6.07) is 9.71. The first kappa shape index (κ1) is 29.9. The molecule has 4 N–H and O–H groups in total. The minimum atomic E-state index is -0.674. The Balaban J connectivity index is 1.66. The maximum Gasteiger partial charge on any atom is 0.243 e. The summed E-state index contributed by atoms with van der Waals surface area (Å²) in [5, 5.41) is 6.15. The van der Waals surface area contributed by atoms with E-state index in [9.17, 15) is 9.59 Å². The monoisotopic (exact) mass is 522 g/mol. The van der Waals surface area contributed by atoms with Gasteiger partial charge in [-0.1, -0.05) is 75.2 Å². The lowest BCUT2D eigenvalue weighted by molar-refractivity contribution is -0.129. The number of rotatable bonds is 15. The zero-order chi connectivity index (χ0) is 27.7. The minimum absolute atomic E-state index is 0.0894. The molecule has 1 fully saturated rings. The van der Waals surface area contributed by atoms with E-state index in [2.05, 4.69) is 67.1 Å². The molecule has 1 unspecified atom stereocenters. The zero-order valence-corrected chi connectivity index (χ0v) is 24.1. The number of hydrogen-bond donors (Lipinski definition) is 3. The Kier molecular flexibility index (Phi) is 11.4. The van der Waals surface area contributed by atoms with Gasteiger partial charge in [0.25, 0.3) is 0 Å². The number of carbonyl (C=O) groups is 2. The average Bonchev–Trinajstić information content (AvgIpc) is 3.38. The predicted octanol–water partition coefficient (Wildman–Crippen LogP) is 5.76. The smallest absolute Gasteiger partial charge is 0.243 e. The van der Waals surface area contributed by atoms with Crippen molar-refractivity contribution in [2.24, 2.45) is 11.7 Å². The number of benzene rings is 1. The van der Waals surface area contributed by atoms with Crippen LogP contribution in [-0.2, 0) is 9.59 Å². The van der Waals surface area contributed by atoms with Crippen molar-refractivity contribution >= 4 is 11.8 Å². The Morgan fingerprint density at radius 1 is 1.11 bits per heavy atom. The van der Waals surface area contributed by atoms with E-state index >= 15 is 0 Å². The largest absolute Gasteiger partial charge is 0.368 e. The van der Waals surface area contributed by atoms with E-state index in [1.165, 1.54) is 17.6 Å². The topological polar surface area (TPSA) is 87.5 Å². The van der Waals surface area contributed by atoms with Gasteiger partial charge >= 0.3 is 0 Å². The van der Waals surface area contributed by atoms with Gasteiger partial charge in [-0.05, 0) is 63.4 Å². The Bertz CT molecular complexity index is 971. The van der Waals surface area contributed by atoms with Gasteiger partial charge in [0, 0.05) is 37.2 Å². The highest BCUT2D eigenvalue weighted by Crippen LogP contribution is 2.36. The summed E-state index contributed by atoms with van der Waals surface area (Å²) in [7, 11) is 0. The van der Waals surface area contributed by atoms with Crippen LogP contribution in [0.25, 0.3) is 0 Å². The Hall–Kier alpha value is -2.60. The van der Waals surface area contributed by atoms with Crippen LogP contribution >= 0.6 is 0 Å². The molecule has 0 radical (unpaired) electrons. The third-order valence-electron chi connectivity index (χ3n) is 8.16. The maximum atomic E-state index is 13.5. The van der Waals surface area contributed by atoms with Crippen molar-refractivity contribution in [1.82, 2.24) is 15.5 Å². The lowest BCUT2D eigenvalue weighted by Crippen LogP contribution is -2.53. The molecule has 1 aromatic carbocycles. The van der Waals surface area contributed by atoms with Crippen LogP contribution in [0.3, 0.4) is 0 Å². The molecule has 1 aliphatic carbocycles. The molecule has 6 heteroatoms. The molecular formula is C32H50N4O2. The molecule has 0 spiro atoms. The number of likely N-dealkylation sites (tertiary alicyclic amines) is 1. The standard InChI is InChI=1S/C32H50N4O2/c1-6-11-25-16-17-27(25)21-28(33)24(5)34-32(38)29(35-31(37)18-15-22(2)3)20-23(4)36-19-10-14-30(36)26-12-8-7-9-13-26/h7-9,12-13,22,24,28-30H,4,6,10-11,14-21,33H2,1-3,5H3,(H,34,38)(H,35,37)/t24-,28?,29+,30-/m1/s1. The molecule has 1 aromatic rings. The van der Waals surface area contributed by atoms with E-state index in [1.54, 1.807) is 5.57 Å². The Morgan fingerprint density at radius 2 is 1.82 bits per heavy atom. The van der Waals surface area contributed by atoms with Crippen LogP contribution in [0.4, 0.5) is 0 Å². The SMILES string of the molecule is C=C(C[C@H](NC(=O)CCC(C)C)C(=O)N[C@H](C)C(N)CC1=C(CCC)CC1)N1CCC[C@@H]1c1ccccc1. The third kappa shape index (κ3) is 8.45. The quantitative estimate of drug-likeness (QED) is 0.256. The summed E-state index contributed by atoms with van der Waals surface area (Å²) in [4.78, 5) is 28.6. The van der Waals surface area contributed by atoms with Gasteiger partial charge in [0.15, 0.2) is 0 Å². The van der Waals surface area contributed by atoms with Crippen LogP contribution in [0.15, 0.2) is 53.8 Å². The van der Waals surface area contributed by atoms with E-state index < -0.39 is 6.04 Å². The molecule has 1 aliphatic heterocycles. The first-order chi connectivity index (χ1) is 18.2. The highest BCUT2D eigenvalue weighted by molar-refractivity contribution is 5.88. The zero-order valence-electron chi connectivity index (χ0n) is 24.1. The van der Waals surface area contributed by atoms with Crippen molar-refractivity contribution < 1.29 is 9.59 Å². The summed E-state index contributed by atoms with van der Waals surface area (Å²) < 4.78 is 0. The second-order valence-corrected chi connectivity index (χ2v) is 11.7. The highest BCUT2D eigenvalue weighted by atomic mass is 16.2. The minimum Gasteiger partial charge on any atom is -0.368 e. The Morgan fingerprint density at radius 3 is 2.45 bits per heavy atom. The number of nitrogens with two attached hydrogens (primary N) is 1. The fraction of sp³-hybridized carbons (Fsp3) is 0.625. The number of hydrogen-bond acceptors (Lipinski definition) is 4. The maximum absolute atomic E-state index is 13.5. The van der Waals surface area contributed by atoms with Crippen molar-refractivity contribution in [3.8, 4) is 0 Å². The van der Waals surface area contributed by atoms with Crippen molar-refractivity contribution in [3.05, 3.63) is 59.3 Å². The second kappa shape index (κ2) is 14.5. The van der Waals surface area contributed by atoms with Gasteiger partial charge in [-0.3, -0.25) is 9.59 Å². The molecule has 3 rings (SSSR count). The third-order valence-corrected chi connectivity index (χ3v) is 8.16. The van der Waals surface area contributed by atoms with Gasteiger partial charge in [-0.15, -0.1) is 0 Å². The molecule has 6 nitrogen and oxygen atoms in total. The van der Waals surface area contributed by atoms with Crippen LogP contribution in [0.5, 0.6) is 0 Å². The van der Waals surface area contributed by atoms with Gasteiger partial charge < -0.3 is 21.3 Å². The molecule has 2 amide bonds. The molecule has 0 bridgehead atoms. The van der Waals surface area contributed by atoms with E-state index in [1.807, 2.05) is 13.0 Å². The summed E-state index contributed by atoms with van der Waals surface area (Å²) >= 11 is 0. The Labute approximate surface area is 230 Å². The van der Waals surface area contributed by atoms with Crippen LogP contribution < -0.4 is 16.4 Å². The van der Waals surface area contributed by atoms with Gasteiger partial charge in [-0.25, -0.2) is 0 Å². The molecule has 0 aromatic heterocycles. The van der Waals surface area contributed by atoms with Crippen LogP contribution in [0.2, 0.25) is 0 Å². The summed E-state index contributed by atoms with van der Waals surface area (Å²) in [6.45, 7) is 13.7. The van der Waals surface area contributed by atoms with Gasteiger partial charge in [0.1, 0.15) is 6.04 Å². The molecule has 38 heavy (non-hydrogen) atoms. The van der Waals surface area contributed by atoms with Crippen molar-refractivity contribution in [2.75, 3.05) is 6.54 Å². The van der Waals surface area contributed by atoms with Crippen LogP contribution in [0.1, 0.15) is 104 Å². The highest BCUT2D eigenvalue weighted by Gasteiger charge is 2.31. The van der Waals surface area contributed by atoms with Gasteiger partial charge in [0.05, 0.1) is 6.04 Å². The van der Waals surface area contributed by atoms with Crippen molar-refractivity contribution in [3.63, 3.8) is 0 Å². The molecule has 1 heterocycles. The number of nitrogens with zero attached hydrogens (tertiary/aromatic N) is 1. The number of allylic oxidation sites excluding steroid dienone is 1. The predicted molar refractivity (Wildman–Crippen MR) is 156 cm³/mol. The van der Waals surface area contributed by atoms with E-state index in [0.29, 0.717) is 18.8 Å². The fourth-order valence-corrected chi connectivity index (χ4v) is 5.64. The number of nitrogens with one attached hydrogen (secondary N) is 2. The second-order valence-electron chi connectivity index (χ2n) is 11.7. The van der Waals surface area contributed by atoms with Gasteiger partial charge in [0.2, 0.25) is 11.8 Å².